The molecule has 1 aliphatic carbocycles. The number of carbonyl (C=O) groups excluding carboxylic acids is 2. The lowest BCUT2D eigenvalue weighted by atomic mass is 9.97. The van der Waals surface area contributed by atoms with Gasteiger partial charge in [-0.1, -0.05) is 18.1 Å². The summed E-state index contributed by atoms with van der Waals surface area (Å²) < 4.78 is 0. The first kappa shape index (κ1) is 26.1. The van der Waals surface area contributed by atoms with Gasteiger partial charge in [0.1, 0.15) is 5.69 Å². The minimum atomic E-state index is -0.0657. The van der Waals surface area contributed by atoms with Crippen LogP contribution in [0.4, 0.5) is 4.79 Å². The number of nitrogens with zero attached hydrogens (tertiary/aromatic N) is 3. The van der Waals surface area contributed by atoms with Crippen molar-refractivity contribution in [1.82, 2.24) is 25.4 Å². The lowest BCUT2D eigenvalue weighted by Gasteiger charge is -2.33. The highest BCUT2D eigenvalue weighted by Crippen LogP contribution is 2.30. The van der Waals surface area contributed by atoms with Gasteiger partial charge in [0.05, 0.1) is 5.01 Å². The highest BCUT2D eigenvalue weighted by molar-refractivity contribution is 7.09. The van der Waals surface area contributed by atoms with E-state index in [1.54, 1.807) is 11.3 Å². The Kier molecular flexibility index (Phi) is 10.0. The summed E-state index contributed by atoms with van der Waals surface area (Å²) in [6.45, 7) is 7.45. The number of piperidine rings is 2. The van der Waals surface area contributed by atoms with Crippen LogP contribution < -0.4 is 10.6 Å². The maximum absolute atomic E-state index is 12.6. The number of allylic oxidation sites excluding steroid dienone is 1. The molecule has 0 bridgehead atoms. The molecule has 0 aromatic carbocycles. The van der Waals surface area contributed by atoms with Gasteiger partial charge in [-0.2, -0.15) is 0 Å². The Morgan fingerprint density at radius 1 is 1.06 bits per heavy atom. The average Bonchev–Trinajstić information content (AvgIpc) is 3.39. The number of aromatic nitrogens is 1. The SMILES string of the molecule is CC1CCCCN1CCCNC(=O)c1csc(C2CCN(C(=O)NCCC3=CCCCC3)CC2)n1. The van der Waals surface area contributed by atoms with Crippen LogP contribution >= 0.6 is 11.3 Å². The van der Waals surface area contributed by atoms with Gasteiger partial charge < -0.3 is 20.4 Å². The molecule has 35 heavy (non-hydrogen) atoms. The van der Waals surface area contributed by atoms with Gasteiger partial charge in [0, 0.05) is 50.1 Å². The Bertz CT molecular complexity index is 862. The number of carbonyl (C=O) groups is 2. The third kappa shape index (κ3) is 7.78. The number of nitrogens with one attached hydrogen (secondary N) is 2. The summed E-state index contributed by atoms with van der Waals surface area (Å²) in [7, 11) is 0. The Balaban J connectivity index is 1.13. The number of hydrogen-bond donors (Lipinski definition) is 2. The molecule has 1 unspecified atom stereocenters. The normalized spacial score (nSPS) is 22.0. The molecule has 3 aliphatic rings. The summed E-state index contributed by atoms with van der Waals surface area (Å²) in [5, 5.41) is 9.06. The fraction of sp³-hybridized carbons (Fsp3) is 0.741. The first-order valence-corrected chi connectivity index (χ1v) is 14.7. The van der Waals surface area contributed by atoms with Crippen LogP contribution in [-0.2, 0) is 0 Å². The third-order valence-corrected chi connectivity index (χ3v) is 8.85. The molecule has 4 rings (SSSR count). The number of urea groups is 1. The zero-order chi connectivity index (χ0) is 24.5. The van der Waals surface area contributed by atoms with Gasteiger partial charge in [-0.05, 0) is 77.7 Å². The van der Waals surface area contributed by atoms with Crippen molar-refractivity contribution in [3.63, 3.8) is 0 Å². The van der Waals surface area contributed by atoms with Gasteiger partial charge >= 0.3 is 6.03 Å². The molecular formula is C27H43N5O2S. The predicted molar refractivity (Wildman–Crippen MR) is 142 cm³/mol. The molecule has 0 radical (unpaired) electrons. The van der Waals surface area contributed by atoms with E-state index in [1.807, 2.05) is 10.3 Å². The standard InChI is InChI=1S/C27H43N5O2S/c1-21-8-5-6-16-31(21)17-7-14-28-25(33)24-20-35-26(30-24)23-12-18-32(19-13-23)27(34)29-15-11-22-9-3-2-4-10-22/h9,20-21,23H,2-8,10-19H2,1H3,(H,28,33)(H,29,34). The Labute approximate surface area is 214 Å². The molecule has 1 aromatic rings. The summed E-state index contributed by atoms with van der Waals surface area (Å²) in [5.41, 5.74) is 2.03. The average molecular weight is 502 g/mol. The molecular weight excluding hydrogens is 458 g/mol. The molecule has 2 N–H and O–H groups in total. The Morgan fingerprint density at radius 2 is 1.91 bits per heavy atom. The van der Waals surface area contributed by atoms with Crippen molar-refractivity contribution in [2.45, 2.75) is 89.5 Å². The van der Waals surface area contributed by atoms with Crippen LogP contribution in [0.1, 0.15) is 99.0 Å². The molecule has 0 spiro atoms. The monoisotopic (exact) mass is 501 g/mol. The highest BCUT2D eigenvalue weighted by Gasteiger charge is 2.26. The van der Waals surface area contributed by atoms with Crippen molar-refractivity contribution in [2.75, 3.05) is 39.3 Å². The maximum atomic E-state index is 12.6. The van der Waals surface area contributed by atoms with Crippen LogP contribution in [0, 0.1) is 0 Å². The van der Waals surface area contributed by atoms with Crippen LogP contribution in [0.2, 0.25) is 0 Å². The molecule has 1 atom stereocenters. The number of amides is 3. The lowest BCUT2D eigenvalue weighted by Crippen LogP contribution is -2.44. The van der Waals surface area contributed by atoms with Crippen LogP contribution in [0.15, 0.2) is 17.0 Å². The largest absolute Gasteiger partial charge is 0.351 e. The highest BCUT2D eigenvalue weighted by atomic mass is 32.1. The summed E-state index contributed by atoms with van der Waals surface area (Å²) in [5.74, 6) is 0.266. The first-order chi connectivity index (χ1) is 17.1. The van der Waals surface area contributed by atoms with Crippen molar-refractivity contribution in [3.05, 3.63) is 27.7 Å². The Morgan fingerprint density at radius 3 is 2.69 bits per heavy atom. The molecule has 2 aliphatic heterocycles. The fourth-order valence-electron chi connectivity index (χ4n) is 5.55. The zero-order valence-corrected chi connectivity index (χ0v) is 22.2. The van der Waals surface area contributed by atoms with E-state index in [2.05, 4.69) is 33.5 Å². The first-order valence-electron chi connectivity index (χ1n) is 13.8. The van der Waals surface area contributed by atoms with Crippen LogP contribution in [0.3, 0.4) is 0 Å². The van der Waals surface area contributed by atoms with E-state index < -0.39 is 0 Å². The van der Waals surface area contributed by atoms with Crippen LogP contribution in [-0.4, -0.2) is 72.0 Å². The van der Waals surface area contributed by atoms with E-state index >= 15 is 0 Å². The predicted octanol–water partition coefficient (Wildman–Crippen LogP) is 4.92. The summed E-state index contributed by atoms with van der Waals surface area (Å²) in [6, 6.07) is 0.718. The van der Waals surface area contributed by atoms with Gasteiger partial charge in [-0.15, -0.1) is 11.3 Å². The molecule has 3 heterocycles. The molecule has 2 saturated heterocycles. The maximum Gasteiger partial charge on any atom is 0.317 e. The van der Waals surface area contributed by atoms with E-state index in [-0.39, 0.29) is 11.9 Å². The second-order valence-corrected chi connectivity index (χ2v) is 11.3. The van der Waals surface area contributed by atoms with Gasteiger partial charge in [0.25, 0.3) is 5.91 Å². The minimum Gasteiger partial charge on any atom is -0.351 e. The van der Waals surface area contributed by atoms with Crippen LogP contribution in [0.5, 0.6) is 0 Å². The minimum absolute atomic E-state index is 0.0537. The van der Waals surface area contributed by atoms with Crippen LogP contribution in [0.25, 0.3) is 0 Å². The van der Waals surface area contributed by atoms with E-state index in [0.717, 1.165) is 56.9 Å². The molecule has 3 amide bonds. The lowest BCUT2D eigenvalue weighted by molar-refractivity contribution is 0.0944. The van der Waals surface area contributed by atoms with Crippen molar-refractivity contribution < 1.29 is 9.59 Å². The van der Waals surface area contributed by atoms with E-state index in [0.29, 0.717) is 24.2 Å². The topological polar surface area (TPSA) is 77.6 Å². The van der Waals surface area contributed by atoms with Crippen molar-refractivity contribution in [3.8, 4) is 0 Å². The van der Waals surface area contributed by atoms with E-state index in [1.165, 1.54) is 57.1 Å². The van der Waals surface area contributed by atoms with Gasteiger partial charge in [-0.25, -0.2) is 9.78 Å². The quantitative estimate of drug-likeness (QED) is 0.372. The van der Waals surface area contributed by atoms with Gasteiger partial charge in [-0.3, -0.25) is 4.79 Å². The summed E-state index contributed by atoms with van der Waals surface area (Å²) >= 11 is 1.58. The number of likely N-dealkylation sites (tertiary alicyclic amines) is 2. The van der Waals surface area contributed by atoms with E-state index in [9.17, 15) is 9.59 Å². The number of rotatable bonds is 9. The van der Waals surface area contributed by atoms with Gasteiger partial charge in [0.15, 0.2) is 0 Å². The van der Waals surface area contributed by atoms with Gasteiger partial charge in [0.2, 0.25) is 0 Å². The summed E-state index contributed by atoms with van der Waals surface area (Å²) in [4.78, 5) is 34.2. The smallest absolute Gasteiger partial charge is 0.317 e. The molecule has 194 valence electrons. The van der Waals surface area contributed by atoms with Crippen molar-refractivity contribution in [2.24, 2.45) is 0 Å². The molecule has 7 nitrogen and oxygen atoms in total. The zero-order valence-electron chi connectivity index (χ0n) is 21.4. The Hall–Kier alpha value is -1.93. The van der Waals surface area contributed by atoms with Crippen molar-refractivity contribution >= 4 is 23.3 Å². The molecule has 1 aromatic heterocycles. The fourth-order valence-corrected chi connectivity index (χ4v) is 6.52. The number of thiazole rings is 1. The second-order valence-electron chi connectivity index (χ2n) is 10.4. The van der Waals surface area contributed by atoms with Crippen molar-refractivity contribution in [1.29, 1.82) is 0 Å². The molecule has 0 saturated carbocycles. The number of hydrogen-bond acceptors (Lipinski definition) is 5. The second kappa shape index (κ2) is 13.4. The van der Waals surface area contributed by atoms with E-state index in [4.69, 9.17) is 0 Å². The third-order valence-electron chi connectivity index (χ3n) is 7.84. The summed E-state index contributed by atoms with van der Waals surface area (Å²) in [6.07, 6.45) is 15.0. The molecule has 2 fully saturated rings. The molecule has 8 heteroatoms.